The minimum Gasteiger partial charge on any atom is -0.454 e. The van der Waals surface area contributed by atoms with Crippen LogP contribution in [0.5, 0.6) is 11.5 Å². The van der Waals surface area contributed by atoms with Crippen LogP contribution in [0.3, 0.4) is 0 Å². The number of ether oxygens (including phenoxy) is 2. The second-order valence-corrected chi connectivity index (χ2v) is 6.53. The number of hydrogen-bond donors (Lipinski definition) is 0. The van der Waals surface area contributed by atoms with Crippen LogP contribution in [-0.4, -0.2) is 27.0 Å². The highest BCUT2D eigenvalue weighted by Crippen LogP contribution is 2.36. The molecule has 8 heteroatoms. The number of amides is 1. The first-order valence-electron chi connectivity index (χ1n) is 7.59. The molecule has 0 unspecified atom stereocenters. The Balaban J connectivity index is 1.89. The molecule has 0 aliphatic carbocycles. The van der Waals surface area contributed by atoms with Gasteiger partial charge in [-0.1, -0.05) is 11.3 Å². The minimum atomic E-state index is -0.290. The number of aryl methyl sites for hydroxylation is 3. The van der Waals surface area contributed by atoms with Crippen molar-refractivity contribution in [2.24, 2.45) is 12.0 Å². The zero-order chi connectivity index (χ0) is 16.8. The topological polar surface area (TPSA) is 70.6 Å². The van der Waals surface area contributed by atoms with Crippen LogP contribution in [0, 0.1) is 6.92 Å². The van der Waals surface area contributed by atoms with Crippen LogP contribution in [0.25, 0.3) is 10.2 Å². The van der Waals surface area contributed by atoms with E-state index in [1.54, 1.807) is 17.9 Å². The van der Waals surface area contributed by atoms with Gasteiger partial charge in [0, 0.05) is 31.3 Å². The summed E-state index contributed by atoms with van der Waals surface area (Å²) in [6, 6.07) is 3.88. The molecule has 24 heavy (non-hydrogen) atoms. The van der Waals surface area contributed by atoms with Crippen LogP contribution in [0.4, 0.5) is 0 Å². The maximum atomic E-state index is 12.6. The second kappa shape index (κ2) is 5.48. The van der Waals surface area contributed by atoms with Crippen LogP contribution >= 0.6 is 11.3 Å². The zero-order valence-electron chi connectivity index (χ0n) is 13.6. The predicted molar refractivity (Wildman–Crippen MR) is 89.5 cm³/mol. The van der Waals surface area contributed by atoms with Crippen LogP contribution < -0.4 is 14.3 Å². The Kier molecular flexibility index (Phi) is 3.42. The van der Waals surface area contributed by atoms with Crippen LogP contribution in [0.15, 0.2) is 23.3 Å². The number of hydrogen-bond acceptors (Lipinski definition) is 5. The van der Waals surface area contributed by atoms with Crippen LogP contribution in [0.1, 0.15) is 23.0 Å². The highest BCUT2D eigenvalue weighted by molar-refractivity contribution is 7.16. The highest BCUT2D eigenvalue weighted by Gasteiger charge is 2.18. The first-order chi connectivity index (χ1) is 11.6. The first-order valence-corrected chi connectivity index (χ1v) is 8.40. The van der Waals surface area contributed by atoms with Gasteiger partial charge in [-0.15, -0.1) is 0 Å². The first kappa shape index (κ1) is 14.9. The molecule has 7 nitrogen and oxygen atoms in total. The summed E-state index contributed by atoms with van der Waals surface area (Å²) in [5, 5.41) is 4.11. The van der Waals surface area contributed by atoms with E-state index in [1.165, 1.54) is 11.3 Å². The molecular weight excluding hydrogens is 328 g/mol. The van der Waals surface area contributed by atoms with Gasteiger partial charge >= 0.3 is 0 Å². The third kappa shape index (κ3) is 2.22. The lowest BCUT2D eigenvalue weighted by atomic mass is 10.2. The normalized spacial score (nSPS) is 13.9. The van der Waals surface area contributed by atoms with E-state index < -0.39 is 0 Å². The number of thiazole rings is 1. The maximum absolute atomic E-state index is 12.6. The Hall–Kier alpha value is -2.61. The highest BCUT2D eigenvalue weighted by atomic mass is 32.1. The van der Waals surface area contributed by atoms with E-state index >= 15 is 0 Å². The number of carbonyl (C=O) groups excluding carboxylic acids is 1. The van der Waals surface area contributed by atoms with E-state index in [0.29, 0.717) is 17.0 Å². The third-order valence-electron chi connectivity index (χ3n) is 4.01. The zero-order valence-corrected chi connectivity index (χ0v) is 14.4. The Morgan fingerprint density at radius 2 is 2.12 bits per heavy atom. The monoisotopic (exact) mass is 344 g/mol. The van der Waals surface area contributed by atoms with E-state index in [4.69, 9.17) is 9.47 Å². The smallest absolute Gasteiger partial charge is 0.298 e. The van der Waals surface area contributed by atoms with Crippen molar-refractivity contribution in [1.29, 1.82) is 0 Å². The van der Waals surface area contributed by atoms with E-state index in [9.17, 15) is 4.79 Å². The fraction of sp³-hybridized carbons (Fsp3) is 0.312. The Labute approximate surface area is 141 Å². The molecule has 1 amide bonds. The molecule has 3 heterocycles. The predicted octanol–water partition coefficient (Wildman–Crippen LogP) is 2.23. The molecular formula is C16H16N4O3S. The van der Waals surface area contributed by atoms with E-state index in [2.05, 4.69) is 10.1 Å². The molecule has 0 saturated heterocycles. The lowest BCUT2D eigenvalue weighted by molar-refractivity contribution is 0.0988. The van der Waals surface area contributed by atoms with Gasteiger partial charge in [0.15, 0.2) is 16.3 Å². The van der Waals surface area contributed by atoms with Gasteiger partial charge in [-0.25, -0.2) is 0 Å². The van der Waals surface area contributed by atoms with E-state index in [0.717, 1.165) is 27.3 Å². The van der Waals surface area contributed by atoms with Crippen molar-refractivity contribution in [3.8, 4) is 11.5 Å². The van der Waals surface area contributed by atoms with Crippen molar-refractivity contribution in [3.05, 3.63) is 34.4 Å². The SMILES string of the molecule is CCn1c(=NC(=O)c2c(C)cnn2C)sc2cc3c(cc21)OCO3. The lowest BCUT2D eigenvalue weighted by Gasteiger charge is -2.02. The summed E-state index contributed by atoms with van der Waals surface area (Å²) < 4.78 is 15.4. The molecule has 0 N–H and O–H groups in total. The van der Waals surface area contributed by atoms with Gasteiger partial charge in [-0.2, -0.15) is 10.1 Å². The van der Waals surface area contributed by atoms with Crippen LogP contribution in [-0.2, 0) is 13.6 Å². The number of rotatable bonds is 2. The molecule has 1 aliphatic heterocycles. The molecule has 3 aromatic rings. The number of benzene rings is 1. The summed E-state index contributed by atoms with van der Waals surface area (Å²) in [5.74, 6) is 1.16. The maximum Gasteiger partial charge on any atom is 0.298 e. The molecule has 1 aromatic carbocycles. The quantitative estimate of drug-likeness (QED) is 0.715. The summed E-state index contributed by atoms with van der Waals surface area (Å²) in [5.41, 5.74) is 2.31. The van der Waals surface area contributed by atoms with Crippen molar-refractivity contribution < 1.29 is 14.3 Å². The van der Waals surface area contributed by atoms with Gasteiger partial charge in [-0.3, -0.25) is 9.48 Å². The number of nitrogens with zero attached hydrogens (tertiary/aromatic N) is 4. The van der Waals surface area contributed by atoms with Gasteiger partial charge in [0.05, 0.1) is 16.4 Å². The molecule has 0 radical (unpaired) electrons. The Morgan fingerprint density at radius 1 is 1.38 bits per heavy atom. The molecule has 0 spiro atoms. The molecule has 0 fully saturated rings. The lowest BCUT2D eigenvalue weighted by Crippen LogP contribution is -2.17. The van der Waals surface area contributed by atoms with Crippen molar-refractivity contribution in [2.45, 2.75) is 20.4 Å². The largest absolute Gasteiger partial charge is 0.454 e. The molecule has 0 atom stereocenters. The fourth-order valence-electron chi connectivity index (χ4n) is 2.84. The molecule has 1 aliphatic rings. The van der Waals surface area contributed by atoms with Crippen molar-refractivity contribution in [3.63, 3.8) is 0 Å². The van der Waals surface area contributed by atoms with Gasteiger partial charge in [0.2, 0.25) is 6.79 Å². The van der Waals surface area contributed by atoms with Gasteiger partial charge in [0.25, 0.3) is 5.91 Å². The second-order valence-electron chi connectivity index (χ2n) is 5.52. The van der Waals surface area contributed by atoms with Crippen molar-refractivity contribution in [2.75, 3.05) is 6.79 Å². The number of fused-ring (bicyclic) bond motifs is 2. The average molecular weight is 344 g/mol. The summed E-state index contributed by atoms with van der Waals surface area (Å²) in [4.78, 5) is 17.6. The number of carbonyl (C=O) groups is 1. The minimum absolute atomic E-state index is 0.244. The summed E-state index contributed by atoms with van der Waals surface area (Å²) in [6.07, 6.45) is 1.67. The van der Waals surface area contributed by atoms with E-state index in [-0.39, 0.29) is 12.7 Å². The standard InChI is InChI=1S/C16H16N4O3S/c1-4-20-10-5-11-12(23-8-22-11)6-13(10)24-16(20)18-15(21)14-9(2)7-17-19(14)3/h5-7H,4,8H2,1-3H3. The van der Waals surface area contributed by atoms with Crippen LogP contribution in [0.2, 0.25) is 0 Å². The molecule has 0 bridgehead atoms. The Bertz CT molecular complexity index is 1010. The third-order valence-corrected chi connectivity index (χ3v) is 5.06. The number of aromatic nitrogens is 3. The summed E-state index contributed by atoms with van der Waals surface area (Å²) >= 11 is 1.46. The molecule has 124 valence electrons. The van der Waals surface area contributed by atoms with Gasteiger partial charge in [0.1, 0.15) is 5.69 Å². The van der Waals surface area contributed by atoms with Gasteiger partial charge < -0.3 is 14.0 Å². The molecule has 0 saturated carbocycles. The van der Waals surface area contributed by atoms with Crippen molar-refractivity contribution in [1.82, 2.24) is 14.3 Å². The average Bonchev–Trinajstić information content (AvgIpc) is 3.21. The van der Waals surface area contributed by atoms with Gasteiger partial charge in [-0.05, 0) is 13.8 Å². The summed E-state index contributed by atoms with van der Waals surface area (Å²) in [6.45, 7) is 4.83. The molecule has 2 aromatic heterocycles. The van der Waals surface area contributed by atoms with Crippen molar-refractivity contribution >= 4 is 27.5 Å². The molecule has 4 rings (SSSR count). The Morgan fingerprint density at radius 3 is 2.79 bits per heavy atom. The fourth-order valence-corrected chi connectivity index (χ4v) is 3.95. The van der Waals surface area contributed by atoms with E-state index in [1.807, 2.05) is 30.5 Å². The summed E-state index contributed by atoms with van der Waals surface area (Å²) in [7, 11) is 1.74.